The molecule has 0 N–H and O–H groups in total. The summed E-state index contributed by atoms with van der Waals surface area (Å²) in [6.45, 7) is 0. The van der Waals surface area contributed by atoms with Gasteiger partial charge < -0.3 is 17.7 Å². The van der Waals surface area contributed by atoms with Crippen LogP contribution in [0.3, 0.4) is 0 Å². The van der Waals surface area contributed by atoms with Crippen molar-refractivity contribution in [2.24, 2.45) is 0 Å². The van der Waals surface area contributed by atoms with Crippen molar-refractivity contribution in [1.82, 2.24) is 0 Å². The van der Waals surface area contributed by atoms with Crippen LogP contribution in [-0.4, -0.2) is 0 Å². The first kappa shape index (κ1) is 35.3. The van der Waals surface area contributed by atoms with Gasteiger partial charge in [-0.3, -0.25) is 0 Å². The van der Waals surface area contributed by atoms with E-state index in [1.807, 2.05) is 97.1 Å². The molecule has 9 heteroatoms. The van der Waals surface area contributed by atoms with Gasteiger partial charge in [-0.05, 0) is 123 Å². The van der Waals surface area contributed by atoms with Crippen LogP contribution >= 0.6 is 62.3 Å². The highest BCUT2D eigenvalue weighted by Gasteiger charge is 2.20. The van der Waals surface area contributed by atoms with Crippen LogP contribution < -0.4 is 0 Å². The van der Waals surface area contributed by atoms with Crippen LogP contribution in [-0.2, 0) is 0 Å². The van der Waals surface area contributed by atoms with Gasteiger partial charge in [0.1, 0.15) is 44.7 Å². The van der Waals surface area contributed by atoms with Crippen LogP contribution in [0.1, 0.15) is 0 Å². The summed E-state index contributed by atoms with van der Waals surface area (Å²) in [7, 11) is 0. The van der Waals surface area contributed by atoms with Crippen LogP contribution in [0.4, 0.5) is 0 Å². The first-order chi connectivity index (χ1) is 28.7. The van der Waals surface area contributed by atoms with E-state index in [1.165, 1.54) is 0 Å². The minimum atomic E-state index is 0.657. The normalized spacial score (nSPS) is 12.2. The fourth-order valence-corrected chi connectivity index (χ4v) is 9.82. The smallest absolute Gasteiger partial charge is 0.150 e. The van der Waals surface area contributed by atoms with Gasteiger partial charge in [0.25, 0.3) is 0 Å². The van der Waals surface area contributed by atoms with E-state index < -0.39 is 0 Å². The van der Waals surface area contributed by atoms with Crippen molar-refractivity contribution in [3.63, 3.8) is 0 Å². The van der Waals surface area contributed by atoms with E-state index in [0.717, 1.165) is 125 Å². The second-order valence-corrected chi connectivity index (χ2v) is 17.2. The van der Waals surface area contributed by atoms with Gasteiger partial charge in [0.05, 0.1) is 4.47 Å². The molecule has 4 heterocycles. The molecule has 0 bridgehead atoms. The number of fused-ring (bicyclic) bond motifs is 14. The van der Waals surface area contributed by atoms with Crippen molar-refractivity contribution in [1.29, 1.82) is 0 Å². The molecular formula is C50H23BrCl4O4. The lowest BCUT2D eigenvalue weighted by atomic mass is 9.94. The fraction of sp³-hybridized carbons (Fsp3) is 0. The van der Waals surface area contributed by atoms with Crippen LogP contribution in [0.5, 0.6) is 0 Å². The Hall–Kier alpha value is -5.66. The molecule has 0 unspecified atom stereocenters. The van der Waals surface area contributed by atoms with Gasteiger partial charge in [0, 0.05) is 98.4 Å². The van der Waals surface area contributed by atoms with E-state index in [1.54, 1.807) is 0 Å². The van der Waals surface area contributed by atoms with Gasteiger partial charge in [-0.2, -0.15) is 0 Å². The number of benzene rings is 9. The molecular weight excluding hydrogens is 886 g/mol. The highest BCUT2D eigenvalue weighted by atomic mass is 79.9. The van der Waals surface area contributed by atoms with Gasteiger partial charge >= 0.3 is 0 Å². The topological polar surface area (TPSA) is 52.6 Å². The molecule has 0 saturated carbocycles. The quantitative estimate of drug-likeness (QED) is 0.165. The van der Waals surface area contributed by atoms with Gasteiger partial charge in [-0.15, -0.1) is 0 Å². The molecule has 0 amide bonds. The summed E-state index contributed by atoms with van der Waals surface area (Å²) < 4.78 is 25.6. The van der Waals surface area contributed by atoms with Crippen molar-refractivity contribution in [2.45, 2.75) is 0 Å². The zero-order valence-corrected chi connectivity index (χ0v) is 34.9. The predicted molar refractivity (Wildman–Crippen MR) is 250 cm³/mol. The Bertz CT molecular complexity index is 3900. The van der Waals surface area contributed by atoms with E-state index >= 15 is 0 Å². The first-order valence-corrected chi connectivity index (χ1v) is 21.0. The highest BCUT2D eigenvalue weighted by molar-refractivity contribution is 9.10. The largest absolute Gasteiger partial charge is 0.456 e. The molecule has 0 atom stereocenters. The average Bonchev–Trinajstić information content (AvgIpc) is 3.98. The minimum absolute atomic E-state index is 0.657. The summed E-state index contributed by atoms with van der Waals surface area (Å²) in [5, 5.41) is 15.4. The summed E-state index contributed by atoms with van der Waals surface area (Å²) in [5.74, 6) is 0. The Morgan fingerprint density at radius 3 is 1.24 bits per heavy atom. The molecule has 4 nitrogen and oxygen atoms in total. The molecule has 13 aromatic rings. The minimum Gasteiger partial charge on any atom is -0.456 e. The third-order valence-electron chi connectivity index (χ3n) is 11.2. The van der Waals surface area contributed by atoms with Gasteiger partial charge in [0.15, 0.2) is 0 Å². The molecule has 0 aliphatic heterocycles. The van der Waals surface area contributed by atoms with Gasteiger partial charge in [-0.25, -0.2) is 0 Å². The SMILES string of the molecule is Clc1ccc2c(c1)oc1cc3c(-c4ccccc4)c4oc5cc(Cl)ccc5c4cc3cc12.Clc1ccc2c(c1)oc1cc3c(Br)c4oc5cc(Cl)ccc5c4cc3cc12. The maximum Gasteiger partial charge on any atom is 0.150 e. The van der Waals surface area contributed by atoms with E-state index in [9.17, 15) is 0 Å². The monoisotopic (exact) mass is 906 g/mol. The molecule has 59 heavy (non-hydrogen) atoms. The van der Waals surface area contributed by atoms with E-state index in [2.05, 4.69) is 58.4 Å². The number of furan rings is 4. The van der Waals surface area contributed by atoms with Crippen molar-refractivity contribution in [2.75, 3.05) is 0 Å². The lowest BCUT2D eigenvalue weighted by molar-refractivity contribution is 0.667. The highest BCUT2D eigenvalue weighted by Crippen LogP contribution is 2.45. The molecule has 0 aliphatic carbocycles. The van der Waals surface area contributed by atoms with Crippen molar-refractivity contribution >= 4 is 172 Å². The Kier molecular flexibility index (Phi) is 7.88. The van der Waals surface area contributed by atoms with E-state index in [0.29, 0.717) is 20.1 Å². The average molecular weight is 909 g/mol. The number of hydrogen-bond donors (Lipinski definition) is 0. The number of rotatable bonds is 1. The molecule has 0 fully saturated rings. The van der Waals surface area contributed by atoms with Crippen LogP contribution in [0, 0.1) is 0 Å². The summed E-state index contributed by atoms with van der Waals surface area (Å²) in [4.78, 5) is 0. The number of hydrogen-bond acceptors (Lipinski definition) is 4. The molecule has 0 spiro atoms. The Labute approximate surface area is 362 Å². The van der Waals surface area contributed by atoms with Crippen molar-refractivity contribution in [3.8, 4) is 11.1 Å². The Balaban J connectivity index is 0.000000130. The molecule has 0 aliphatic rings. The van der Waals surface area contributed by atoms with E-state index in [4.69, 9.17) is 64.1 Å². The molecule has 282 valence electrons. The third kappa shape index (κ3) is 5.57. The maximum absolute atomic E-state index is 6.38. The molecule has 0 saturated heterocycles. The second-order valence-electron chi connectivity index (χ2n) is 14.7. The van der Waals surface area contributed by atoms with Crippen molar-refractivity contribution in [3.05, 3.63) is 164 Å². The lowest BCUT2D eigenvalue weighted by Gasteiger charge is -2.09. The van der Waals surface area contributed by atoms with E-state index in [-0.39, 0.29) is 0 Å². The Morgan fingerprint density at radius 2 is 0.712 bits per heavy atom. The molecule has 13 rings (SSSR count). The molecule has 0 radical (unpaired) electrons. The second kappa shape index (κ2) is 13.2. The van der Waals surface area contributed by atoms with Crippen LogP contribution in [0.25, 0.3) is 120 Å². The number of halogens is 5. The zero-order chi connectivity index (χ0) is 39.7. The van der Waals surface area contributed by atoms with Gasteiger partial charge in [-0.1, -0.05) is 76.7 Å². The maximum atomic E-state index is 6.38. The fourth-order valence-electron chi connectivity index (χ4n) is 8.53. The standard InChI is InChI=1S/C28H14Cl2O2.C22H9BrCl2O2/c29-17-6-8-19-22-10-16-11-23-20-9-7-18(30)13-25(20)32-28(23)27(15-4-2-1-3-5-15)21(16)14-26(22)31-24(19)12-17;23-21-15-9-20-16(13-3-1-11(24)7-18(13)26-20)5-10(15)6-17-14-4-2-12(25)8-19(14)27-22(17)21/h1-14H;1-9H. The molecule has 9 aromatic carbocycles. The van der Waals surface area contributed by atoms with Crippen LogP contribution in [0.15, 0.2) is 162 Å². The van der Waals surface area contributed by atoms with Gasteiger partial charge in [0.2, 0.25) is 0 Å². The summed E-state index contributed by atoms with van der Waals surface area (Å²) in [6, 6.07) is 46.2. The zero-order valence-electron chi connectivity index (χ0n) is 30.3. The molecule has 4 aromatic heterocycles. The Morgan fingerprint density at radius 1 is 0.322 bits per heavy atom. The summed E-state index contributed by atoms with van der Waals surface area (Å²) in [6.07, 6.45) is 0. The first-order valence-electron chi connectivity index (χ1n) is 18.7. The van der Waals surface area contributed by atoms with Crippen LogP contribution in [0.2, 0.25) is 20.1 Å². The summed E-state index contributed by atoms with van der Waals surface area (Å²) in [5.41, 5.74) is 8.56. The summed E-state index contributed by atoms with van der Waals surface area (Å²) >= 11 is 28.4. The third-order valence-corrected chi connectivity index (χ3v) is 12.9. The lowest BCUT2D eigenvalue weighted by Crippen LogP contribution is -1.84. The predicted octanol–water partition coefficient (Wildman–Crippen LogP) is 18.3. The van der Waals surface area contributed by atoms with Crippen molar-refractivity contribution < 1.29 is 17.7 Å².